The number of nitrogens with zero attached hydrogens (tertiary/aromatic N) is 1. The van der Waals surface area contributed by atoms with Crippen molar-refractivity contribution in [3.63, 3.8) is 0 Å². The number of pyridine rings is 1. The molecule has 0 aromatic carbocycles. The first-order valence-corrected chi connectivity index (χ1v) is 10.3. The Morgan fingerprint density at radius 3 is 1.48 bits per heavy atom. The zero-order chi connectivity index (χ0) is 16.6. The monoisotopic (exact) mass is 318 g/mol. The summed E-state index contributed by atoms with van der Waals surface area (Å²) in [5.74, 6) is 0. The topological polar surface area (TPSA) is 3.88 Å². The number of aromatic nitrogens is 1. The Morgan fingerprint density at radius 2 is 1.04 bits per heavy atom. The third-order valence-corrected chi connectivity index (χ3v) is 4.89. The van der Waals surface area contributed by atoms with Crippen LogP contribution >= 0.6 is 0 Å². The quantitative estimate of drug-likeness (QED) is 0.252. The normalized spacial score (nSPS) is 11.0. The maximum atomic E-state index is 2.33. The lowest BCUT2D eigenvalue weighted by Crippen LogP contribution is -2.32. The fourth-order valence-corrected chi connectivity index (χ4v) is 3.19. The summed E-state index contributed by atoms with van der Waals surface area (Å²) in [4.78, 5) is 0. The Bertz CT molecular complexity index is 355. The molecular formula is C22H40N+. The van der Waals surface area contributed by atoms with E-state index < -0.39 is 0 Å². The maximum Gasteiger partial charge on any atom is 0.169 e. The van der Waals surface area contributed by atoms with Crippen LogP contribution in [0.2, 0.25) is 0 Å². The molecule has 0 fully saturated rings. The van der Waals surface area contributed by atoms with E-state index in [-0.39, 0.29) is 0 Å². The molecule has 0 N–H and O–H groups in total. The van der Waals surface area contributed by atoms with Crippen LogP contribution < -0.4 is 4.57 Å². The highest BCUT2D eigenvalue weighted by atomic mass is 14.9. The van der Waals surface area contributed by atoms with Crippen molar-refractivity contribution in [2.75, 3.05) is 0 Å². The highest BCUT2D eigenvalue weighted by Gasteiger charge is 2.00. The van der Waals surface area contributed by atoms with Gasteiger partial charge in [0.1, 0.15) is 6.54 Å². The van der Waals surface area contributed by atoms with Crippen LogP contribution in [0, 0.1) is 0 Å². The second-order valence-electron chi connectivity index (χ2n) is 7.04. The molecule has 132 valence electrons. The molecule has 0 saturated heterocycles. The van der Waals surface area contributed by atoms with Crippen LogP contribution in [0.1, 0.15) is 103 Å². The molecule has 0 atom stereocenters. The van der Waals surface area contributed by atoms with Gasteiger partial charge in [-0.25, -0.2) is 4.57 Å². The van der Waals surface area contributed by atoms with Gasteiger partial charge < -0.3 is 0 Å². The van der Waals surface area contributed by atoms with Crippen LogP contribution in [0.25, 0.3) is 0 Å². The van der Waals surface area contributed by atoms with E-state index in [0.717, 1.165) is 6.42 Å². The third-order valence-electron chi connectivity index (χ3n) is 4.89. The van der Waals surface area contributed by atoms with E-state index in [0.29, 0.717) is 0 Å². The molecule has 0 unspecified atom stereocenters. The standard InChI is InChI=1S/C22H40N/c1-3-5-6-7-8-9-10-11-12-13-14-15-16-19-23-20-17-22(4-2)18-21-23/h17-18,20-21H,3-16,19H2,1-2H3/q+1. The molecule has 0 spiro atoms. The lowest BCUT2D eigenvalue weighted by atomic mass is 10.0. The average molecular weight is 319 g/mol. The summed E-state index contributed by atoms with van der Waals surface area (Å²) >= 11 is 0. The highest BCUT2D eigenvalue weighted by Crippen LogP contribution is 2.12. The molecule has 0 saturated carbocycles. The van der Waals surface area contributed by atoms with Crippen molar-refractivity contribution in [1.29, 1.82) is 0 Å². The lowest BCUT2D eigenvalue weighted by Gasteiger charge is -2.02. The fraction of sp³-hybridized carbons (Fsp3) is 0.773. The number of hydrogen-bond acceptors (Lipinski definition) is 0. The van der Waals surface area contributed by atoms with E-state index in [2.05, 4.69) is 42.9 Å². The van der Waals surface area contributed by atoms with Crippen molar-refractivity contribution < 1.29 is 4.57 Å². The van der Waals surface area contributed by atoms with Gasteiger partial charge in [0.05, 0.1) is 0 Å². The van der Waals surface area contributed by atoms with Gasteiger partial charge in [0.2, 0.25) is 0 Å². The van der Waals surface area contributed by atoms with Gasteiger partial charge in [-0.2, -0.15) is 0 Å². The number of unbranched alkanes of at least 4 members (excludes halogenated alkanes) is 12. The Balaban J connectivity index is 1.82. The summed E-state index contributed by atoms with van der Waals surface area (Å²) in [7, 11) is 0. The van der Waals surface area contributed by atoms with Crippen molar-refractivity contribution in [3.05, 3.63) is 30.1 Å². The second-order valence-corrected chi connectivity index (χ2v) is 7.04. The first-order valence-electron chi connectivity index (χ1n) is 10.3. The van der Waals surface area contributed by atoms with Crippen LogP contribution in [-0.4, -0.2) is 0 Å². The van der Waals surface area contributed by atoms with E-state index in [1.54, 1.807) is 0 Å². The van der Waals surface area contributed by atoms with Crippen molar-refractivity contribution in [2.45, 2.75) is 110 Å². The molecule has 1 heteroatoms. The first kappa shape index (κ1) is 20.2. The molecule has 0 radical (unpaired) electrons. The van der Waals surface area contributed by atoms with Crippen molar-refractivity contribution >= 4 is 0 Å². The van der Waals surface area contributed by atoms with E-state index in [1.165, 1.54) is 95.6 Å². The molecule has 0 aliphatic rings. The maximum absolute atomic E-state index is 2.33. The second kappa shape index (κ2) is 14.7. The average Bonchev–Trinajstić information content (AvgIpc) is 2.59. The van der Waals surface area contributed by atoms with Gasteiger partial charge in [-0.05, 0) is 18.4 Å². The van der Waals surface area contributed by atoms with Crippen LogP contribution in [0.5, 0.6) is 0 Å². The minimum Gasteiger partial charge on any atom is -0.205 e. The van der Waals surface area contributed by atoms with E-state index in [4.69, 9.17) is 0 Å². The van der Waals surface area contributed by atoms with Crippen LogP contribution in [-0.2, 0) is 13.0 Å². The van der Waals surface area contributed by atoms with Crippen molar-refractivity contribution in [1.82, 2.24) is 0 Å². The molecule has 0 aliphatic heterocycles. The molecule has 1 rings (SSSR count). The minimum atomic E-state index is 1.14. The van der Waals surface area contributed by atoms with Gasteiger partial charge in [0, 0.05) is 18.6 Å². The van der Waals surface area contributed by atoms with Gasteiger partial charge in [-0.3, -0.25) is 0 Å². The zero-order valence-corrected chi connectivity index (χ0v) is 15.9. The first-order chi connectivity index (χ1) is 11.4. The molecular weight excluding hydrogens is 278 g/mol. The van der Waals surface area contributed by atoms with Crippen LogP contribution in [0.3, 0.4) is 0 Å². The third kappa shape index (κ3) is 11.3. The molecule has 0 bridgehead atoms. The van der Waals surface area contributed by atoms with Gasteiger partial charge in [0.15, 0.2) is 12.4 Å². The summed E-state index contributed by atoms with van der Waals surface area (Å²) in [6.45, 7) is 5.69. The predicted octanol–water partition coefficient (Wildman–Crippen LogP) is 6.63. The number of aryl methyl sites for hydroxylation is 2. The molecule has 1 heterocycles. The van der Waals surface area contributed by atoms with Crippen molar-refractivity contribution in [2.24, 2.45) is 0 Å². The Morgan fingerprint density at radius 1 is 0.609 bits per heavy atom. The lowest BCUT2D eigenvalue weighted by molar-refractivity contribution is -0.697. The van der Waals surface area contributed by atoms with Gasteiger partial charge >= 0.3 is 0 Å². The molecule has 1 aromatic heterocycles. The fourth-order valence-electron chi connectivity index (χ4n) is 3.19. The zero-order valence-electron chi connectivity index (χ0n) is 15.9. The van der Waals surface area contributed by atoms with Gasteiger partial charge in [0.25, 0.3) is 0 Å². The smallest absolute Gasteiger partial charge is 0.169 e. The number of rotatable bonds is 15. The van der Waals surface area contributed by atoms with E-state index >= 15 is 0 Å². The molecule has 23 heavy (non-hydrogen) atoms. The van der Waals surface area contributed by atoms with E-state index in [1.807, 2.05) is 0 Å². The highest BCUT2D eigenvalue weighted by molar-refractivity contribution is 5.06. The summed E-state index contributed by atoms with van der Waals surface area (Å²) in [5, 5.41) is 0. The largest absolute Gasteiger partial charge is 0.205 e. The summed E-state index contributed by atoms with van der Waals surface area (Å²) in [6, 6.07) is 4.50. The number of hydrogen-bond donors (Lipinski definition) is 0. The summed E-state index contributed by atoms with van der Waals surface area (Å²) in [6.07, 6.45) is 24.2. The van der Waals surface area contributed by atoms with Crippen LogP contribution in [0.15, 0.2) is 24.5 Å². The Labute approximate surface area is 145 Å². The molecule has 0 amide bonds. The summed E-state index contributed by atoms with van der Waals surface area (Å²) in [5.41, 5.74) is 1.44. The summed E-state index contributed by atoms with van der Waals surface area (Å²) < 4.78 is 2.33. The van der Waals surface area contributed by atoms with E-state index in [9.17, 15) is 0 Å². The molecule has 0 aliphatic carbocycles. The van der Waals surface area contributed by atoms with Crippen molar-refractivity contribution in [3.8, 4) is 0 Å². The Hall–Kier alpha value is -0.850. The van der Waals surface area contributed by atoms with Gasteiger partial charge in [-0.15, -0.1) is 0 Å². The molecule has 1 nitrogen and oxygen atoms in total. The minimum absolute atomic E-state index is 1.14. The Kier molecular flexibility index (Phi) is 12.9. The molecule has 1 aromatic rings. The SMILES string of the molecule is CCCCCCCCCCCCCCC[n+]1ccc(CC)cc1. The van der Waals surface area contributed by atoms with Gasteiger partial charge in [-0.1, -0.05) is 84.5 Å². The predicted molar refractivity (Wildman–Crippen MR) is 102 cm³/mol. The van der Waals surface area contributed by atoms with Crippen LogP contribution in [0.4, 0.5) is 0 Å².